The molecule has 0 aromatic carbocycles. The molecular weight excluding hydrogens is 206 g/mol. The first kappa shape index (κ1) is 11.7. The minimum atomic E-state index is 0.463. The third-order valence-electron chi connectivity index (χ3n) is 3.51. The molecule has 0 bridgehead atoms. The van der Waals surface area contributed by atoms with E-state index in [-0.39, 0.29) is 0 Å². The summed E-state index contributed by atoms with van der Waals surface area (Å²) < 4.78 is 5.59. The van der Waals surface area contributed by atoms with Crippen LogP contribution in [0.5, 0.6) is 0 Å². The quantitative estimate of drug-likeness (QED) is 0.677. The highest BCUT2D eigenvalue weighted by atomic mass is 32.2. The fraction of sp³-hybridized carbons (Fsp3) is 1.00. The van der Waals surface area contributed by atoms with Gasteiger partial charge in [0.1, 0.15) is 0 Å². The van der Waals surface area contributed by atoms with Crippen molar-refractivity contribution in [1.29, 1.82) is 0 Å². The van der Waals surface area contributed by atoms with Crippen molar-refractivity contribution in [2.24, 2.45) is 5.41 Å². The van der Waals surface area contributed by atoms with Gasteiger partial charge >= 0.3 is 0 Å². The normalized spacial score (nSPS) is 31.0. The zero-order valence-electron chi connectivity index (χ0n) is 9.76. The van der Waals surface area contributed by atoms with Crippen molar-refractivity contribution in [2.45, 2.75) is 38.6 Å². The van der Waals surface area contributed by atoms with E-state index in [0.717, 1.165) is 19.3 Å². The highest BCUT2D eigenvalue weighted by molar-refractivity contribution is 7.99. The molecular formula is C12H23NOS. The Kier molecular flexibility index (Phi) is 4.35. The van der Waals surface area contributed by atoms with E-state index in [2.05, 4.69) is 24.0 Å². The molecule has 1 unspecified atom stereocenters. The van der Waals surface area contributed by atoms with Crippen molar-refractivity contribution in [1.82, 2.24) is 5.32 Å². The second kappa shape index (κ2) is 5.55. The first-order valence-corrected chi connectivity index (χ1v) is 7.39. The summed E-state index contributed by atoms with van der Waals surface area (Å²) in [5.41, 5.74) is 0.463. The molecule has 2 nitrogen and oxygen atoms in total. The van der Waals surface area contributed by atoms with Crippen LogP contribution in [0.15, 0.2) is 0 Å². The molecule has 1 saturated carbocycles. The summed E-state index contributed by atoms with van der Waals surface area (Å²) in [4.78, 5) is 0. The van der Waals surface area contributed by atoms with Gasteiger partial charge in [-0.15, -0.1) is 0 Å². The second-order valence-electron chi connectivity index (χ2n) is 4.90. The Bertz CT molecular complexity index is 188. The summed E-state index contributed by atoms with van der Waals surface area (Å²) in [6.45, 7) is 5.38. The molecule has 0 aromatic rings. The fourth-order valence-corrected chi connectivity index (χ4v) is 3.02. The molecule has 0 aromatic heterocycles. The maximum Gasteiger partial charge on any atom is 0.0535 e. The lowest BCUT2D eigenvalue weighted by molar-refractivity contribution is 0.147. The molecule has 0 radical (unpaired) electrons. The van der Waals surface area contributed by atoms with Gasteiger partial charge in [0.25, 0.3) is 0 Å². The van der Waals surface area contributed by atoms with Crippen LogP contribution in [0.25, 0.3) is 0 Å². The molecule has 1 heterocycles. The molecule has 0 spiro atoms. The van der Waals surface area contributed by atoms with Crippen LogP contribution in [0.4, 0.5) is 0 Å². The summed E-state index contributed by atoms with van der Waals surface area (Å²) in [6.07, 6.45) is 5.36. The molecule has 1 N–H and O–H groups in total. The molecule has 2 rings (SSSR count). The minimum absolute atomic E-state index is 0.463. The van der Waals surface area contributed by atoms with Gasteiger partial charge in [-0.25, -0.2) is 0 Å². The predicted molar refractivity (Wildman–Crippen MR) is 66.5 cm³/mol. The van der Waals surface area contributed by atoms with Gasteiger partial charge in [-0.2, -0.15) is 11.8 Å². The Morgan fingerprint density at radius 3 is 2.93 bits per heavy atom. The smallest absolute Gasteiger partial charge is 0.0535 e. The van der Waals surface area contributed by atoms with Crippen LogP contribution in [0.2, 0.25) is 0 Å². The third-order valence-corrected chi connectivity index (χ3v) is 4.41. The van der Waals surface area contributed by atoms with Crippen molar-refractivity contribution in [3.8, 4) is 0 Å². The third kappa shape index (κ3) is 3.65. The van der Waals surface area contributed by atoms with Crippen LogP contribution < -0.4 is 5.32 Å². The number of ether oxygens (including phenoxy) is 1. The van der Waals surface area contributed by atoms with Gasteiger partial charge in [0.15, 0.2) is 0 Å². The summed E-state index contributed by atoms with van der Waals surface area (Å²) in [6, 6.07) is 0.835. The predicted octanol–water partition coefficient (Wildman–Crippen LogP) is 2.29. The van der Waals surface area contributed by atoms with E-state index in [1.807, 2.05) is 0 Å². The summed E-state index contributed by atoms with van der Waals surface area (Å²) in [7, 11) is 0. The maximum atomic E-state index is 5.59. The minimum Gasteiger partial charge on any atom is -0.381 e. The van der Waals surface area contributed by atoms with Gasteiger partial charge in [-0.1, -0.05) is 6.92 Å². The molecule has 3 heteroatoms. The number of thioether (sulfide) groups is 1. The summed E-state index contributed by atoms with van der Waals surface area (Å²) >= 11 is 2.06. The lowest BCUT2D eigenvalue weighted by Crippen LogP contribution is -2.36. The SMILES string of the molecule is CCSCCC1(CNC2CC2)CCOC1. The van der Waals surface area contributed by atoms with E-state index in [4.69, 9.17) is 4.74 Å². The van der Waals surface area contributed by atoms with Crippen molar-refractivity contribution in [2.75, 3.05) is 31.3 Å². The number of hydrogen-bond donors (Lipinski definition) is 1. The molecule has 2 fully saturated rings. The Hall–Kier alpha value is 0.270. The van der Waals surface area contributed by atoms with E-state index in [9.17, 15) is 0 Å². The zero-order valence-corrected chi connectivity index (χ0v) is 10.6. The Morgan fingerprint density at radius 1 is 1.47 bits per heavy atom. The molecule has 1 aliphatic carbocycles. The second-order valence-corrected chi connectivity index (χ2v) is 6.30. The van der Waals surface area contributed by atoms with Crippen molar-refractivity contribution >= 4 is 11.8 Å². The van der Waals surface area contributed by atoms with Crippen LogP contribution in [0.1, 0.15) is 32.6 Å². The van der Waals surface area contributed by atoms with Crippen LogP contribution in [0.3, 0.4) is 0 Å². The van der Waals surface area contributed by atoms with Gasteiger partial charge in [0, 0.05) is 24.6 Å². The van der Waals surface area contributed by atoms with Gasteiger partial charge < -0.3 is 10.1 Å². The maximum absolute atomic E-state index is 5.59. The monoisotopic (exact) mass is 229 g/mol. The van der Waals surface area contributed by atoms with E-state index in [0.29, 0.717) is 5.41 Å². The van der Waals surface area contributed by atoms with Crippen LogP contribution in [0, 0.1) is 5.41 Å². The number of nitrogens with one attached hydrogen (secondary N) is 1. The summed E-state index contributed by atoms with van der Waals surface area (Å²) in [5.74, 6) is 2.54. The first-order chi connectivity index (χ1) is 7.35. The molecule has 15 heavy (non-hydrogen) atoms. The highest BCUT2D eigenvalue weighted by Crippen LogP contribution is 2.34. The van der Waals surface area contributed by atoms with E-state index < -0.39 is 0 Å². The summed E-state index contributed by atoms with van der Waals surface area (Å²) in [5, 5.41) is 3.68. The average molecular weight is 229 g/mol. The van der Waals surface area contributed by atoms with E-state index >= 15 is 0 Å². The molecule has 1 aliphatic heterocycles. The van der Waals surface area contributed by atoms with Gasteiger partial charge in [0.2, 0.25) is 0 Å². The lowest BCUT2D eigenvalue weighted by Gasteiger charge is -2.27. The lowest BCUT2D eigenvalue weighted by atomic mass is 9.84. The topological polar surface area (TPSA) is 21.3 Å². The van der Waals surface area contributed by atoms with Crippen LogP contribution in [-0.2, 0) is 4.74 Å². The van der Waals surface area contributed by atoms with E-state index in [1.165, 1.54) is 43.7 Å². The van der Waals surface area contributed by atoms with Crippen molar-refractivity contribution in [3.63, 3.8) is 0 Å². The largest absolute Gasteiger partial charge is 0.381 e. The van der Waals surface area contributed by atoms with Crippen molar-refractivity contribution < 1.29 is 4.74 Å². The fourth-order valence-electron chi connectivity index (χ4n) is 2.16. The average Bonchev–Trinajstić information content (AvgIpc) is 2.97. The van der Waals surface area contributed by atoms with E-state index in [1.54, 1.807) is 0 Å². The Balaban J connectivity index is 1.73. The van der Waals surface area contributed by atoms with Gasteiger partial charge in [-0.3, -0.25) is 0 Å². The van der Waals surface area contributed by atoms with Crippen molar-refractivity contribution in [3.05, 3.63) is 0 Å². The standard InChI is InChI=1S/C12H23NOS/c1-2-15-8-6-12(5-7-14-10-12)9-13-11-3-4-11/h11,13H,2-10H2,1H3. The highest BCUT2D eigenvalue weighted by Gasteiger charge is 2.35. The van der Waals surface area contributed by atoms with Gasteiger partial charge in [-0.05, 0) is 37.2 Å². The molecule has 1 saturated heterocycles. The molecule has 2 aliphatic rings. The van der Waals surface area contributed by atoms with Gasteiger partial charge in [0.05, 0.1) is 6.61 Å². The number of hydrogen-bond acceptors (Lipinski definition) is 3. The van der Waals surface area contributed by atoms with Crippen LogP contribution >= 0.6 is 11.8 Å². The Labute approximate surface area is 97.5 Å². The zero-order chi connectivity index (χ0) is 10.6. The number of rotatable bonds is 7. The van der Waals surface area contributed by atoms with Crippen LogP contribution in [-0.4, -0.2) is 37.3 Å². The molecule has 1 atom stereocenters. The molecule has 0 amide bonds. The first-order valence-electron chi connectivity index (χ1n) is 6.23. The Morgan fingerprint density at radius 2 is 2.33 bits per heavy atom. The molecule has 88 valence electrons.